The molecule has 1 atom stereocenters. The molecule has 1 saturated carbocycles. The van der Waals surface area contributed by atoms with Gasteiger partial charge in [-0.05, 0) is 32.6 Å². The lowest BCUT2D eigenvalue weighted by Gasteiger charge is -2.27. The van der Waals surface area contributed by atoms with Crippen LogP contribution in [-0.2, 0) is 7.05 Å². The molecular formula is C13H22N4O. The van der Waals surface area contributed by atoms with Gasteiger partial charge < -0.3 is 10.6 Å². The lowest BCUT2D eigenvalue weighted by Crippen LogP contribution is -2.43. The summed E-state index contributed by atoms with van der Waals surface area (Å²) in [5.41, 5.74) is 8.22. The molecule has 1 aliphatic rings. The Kier molecular flexibility index (Phi) is 3.43. The number of amides is 1. The van der Waals surface area contributed by atoms with Crippen molar-refractivity contribution in [3.8, 4) is 0 Å². The van der Waals surface area contributed by atoms with Crippen molar-refractivity contribution in [1.82, 2.24) is 14.7 Å². The lowest BCUT2D eigenvalue weighted by molar-refractivity contribution is 0.0717. The third-order valence-corrected chi connectivity index (χ3v) is 3.95. The Labute approximate surface area is 108 Å². The zero-order chi connectivity index (χ0) is 13.4. The van der Waals surface area contributed by atoms with Crippen LogP contribution in [0.15, 0.2) is 0 Å². The molecule has 100 valence electrons. The average Bonchev–Trinajstić information content (AvgIpc) is 3.10. The van der Waals surface area contributed by atoms with Gasteiger partial charge in [0, 0.05) is 32.4 Å². The summed E-state index contributed by atoms with van der Waals surface area (Å²) >= 11 is 0. The van der Waals surface area contributed by atoms with Crippen molar-refractivity contribution in [2.45, 2.75) is 32.7 Å². The first-order valence-corrected chi connectivity index (χ1v) is 6.44. The van der Waals surface area contributed by atoms with E-state index < -0.39 is 0 Å². The van der Waals surface area contributed by atoms with Gasteiger partial charge in [-0.15, -0.1) is 0 Å². The molecule has 5 heteroatoms. The first-order valence-electron chi connectivity index (χ1n) is 6.44. The van der Waals surface area contributed by atoms with Gasteiger partial charge >= 0.3 is 0 Å². The van der Waals surface area contributed by atoms with Crippen LogP contribution in [0.2, 0.25) is 0 Å². The van der Waals surface area contributed by atoms with Crippen molar-refractivity contribution in [2.75, 3.05) is 13.6 Å². The van der Waals surface area contributed by atoms with Crippen LogP contribution in [0.1, 0.15) is 34.6 Å². The van der Waals surface area contributed by atoms with Crippen molar-refractivity contribution in [2.24, 2.45) is 18.7 Å². The van der Waals surface area contributed by atoms with Crippen LogP contribution in [0.5, 0.6) is 0 Å². The monoisotopic (exact) mass is 250 g/mol. The molecule has 0 spiro atoms. The van der Waals surface area contributed by atoms with E-state index in [9.17, 15) is 4.79 Å². The van der Waals surface area contributed by atoms with Gasteiger partial charge in [0.15, 0.2) is 0 Å². The summed E-state index contributed by atoms with van der Waals surface area (Å²) in [7, 11) is 3.71. The van der Waals surface area contributed by atoms with E-state index in [4.69, 9.17) is 5.73 Å². The largest absolute Gasteiger partial charge is 0.337 e. The molecule has 0 aromatic carbocycles. The molecule has 1 heterocycles. The normalized spacial score (nSPS) is 16.7. The van der Waals surface area contributed by atoms with Gasteiger partial charge in [0.25, 0.3) is 5.91 Å². The number of hydrogen-bond acceptors (Lipinski definition) is 3. The Morgan fingerprint density at radius 3 is 2.56 bits per heavy atom. The van der Waals surface area contributed by atoms with Gasteiger partial charge in [-0.2, -0.15) is 5.10 Å². The highest BCUT2D eigenvalue weighted by Crippen LogP contribution is 2.35. The van der Waals surface area contributed by atoms with Gasteiger partial charge in [-0.3, -0.25) is 9.48 Å². The van der Waals surface area contributed by atoms with E-state index in [1.807, 2.05) is 27.9 Å². The summed E-state index contributed by atoms with van der Waals surface area (Å²) in [5, 5.41) is 4.30. The third-order valence-electron chi connectivity index (χ3n) is 3.95. The summed E-state index contributed by atoms with van der Waals surface area (Å²) in [6, 6.07) is 0.163. The second kappa shape index (κ2) is 4.72. The maximum absolute atomic E-state index is 12.5. The van der Waals surface area contributed by atoms with Crippen LogP contribution in [0, 0.1) is 19.8 Å². The molecule has 1 amide bonds. The minimum absolute atomic E-state index is 0.0421. The minimum atomic E-state index is 0.0421. The second-order valence-electron chi connectivity index (χ2n) is 5.23. The van der Waals surface area contributed by atoms with E-state index in [0.717, 1.165) is 17.0 Å². The number of nitrogens with zero attached hydrogens (tertiary/aromatic N) is 3. The molecule has 1 aromatic rings. The smallest absolute Gasteiger partial charge is 0.257 e. The Hall–Kier alpha value is -1.36. The molecule has 0 bridgehead atoms. The lowest BCUT2D eigenvalue weighted by atomic mass is 10.1. The number of carbonyl (C=O) groups is 1. The fourth-order valence-corrected chi connectivity index (χ4v) is 2.56. The summed E-state index contributed by atoms with van der Waals surface area (Å²) in [4.78, 5) is 14.3. The van der Waals surface area contributed by atoms with Gasteiger partial charge in [0.2, 0.25) is 0 Å². The maximum atomic E-state index is 12.5. The van der Waals surface area contributed by atoms with Crippen LogP contribution >= 0.6 is 0 Å². The van der Waals surface area contributed by atoms with Crippen LogP contribution < -0.4 is 5.73 Å². The summed E-state index contributed by atoms with van der Waals surface area (Å²) in [5.74, 6) is 0.627. The fraction of sp³-hybridized carbons (Fsp3) is 0.692. The molecule has 0 aliphatic heterocycles. The summed E-state index contributed by atoms with van der Waals surface area (Å²) in [6.07, 6.45) is 2.37. The van der Waals surface area contributed by atoms with Gasteiger partial charge in [0.1, 0.15) is 0 Å². The first-order chi connectivity index (χ1) is 8.47. The Morgan fingerprint density at radius 2 is 2.17 bits per heavy atom. The molecule has 0 radical (unpaired) electrons. The standard InChI is InChI=1S/C13H22N4O/c1-8-12(9(2)17(4)15-8)13(18)16(3)11(7-14)10-5-6-10/h10-11H,5-7,14H2,1-4H3. The topological polar surface area (TPSA) is 64.2 Å². The second-order valence-corrected chi connectivity index (χ2v) is 5.23. The molecule has 2 rings (SSSR count). The van der Waals surface area contributed by atoms with Crippen LogP contribution in [0.25, 0.3) is 0 Å². The first kappa shape index (κ1) is 13.1. The molecular weight excluding hydrogens is 228 g/mol. The molecule has 18 heavy (non-hydrogen) atoms. The predicted molar refractivity (Wildman–Crippen MR) is 70.3 cm³/mol. The Morgan fingerprint density at radius 1 is 1.56 bits per heavy atom. The number of hydrogen-bond donors (Lipinski definition) is 1. The molecule has 1 aliphatic carbocycles. The average molecular weight is 250 g/mol. The van der Waals surface area contributed by atoms with Crippen LogP contribution in [0.4, 0.5) is 0 Å². The minimum Gasteiger partial charge on any atom is -0.337 e. The molecule has 5 nitrogen and oxygen atoms in total. The van der Waals surface area contributed by atoms with Gasteiger partial charge in [0.05, 0.1) is 11.3 Å². The van der Waals surface area contributed by atoms with E-state index in [0.29, 0.717) is 12.5 Å². The predicted octanol–water partition coefficient (Wildman–Crippen LogP) is 0.846. The van der Waals surface area contributed by atoms with Crippen molar-refractivity contribution in [3.05, 3.63) is 17.0 Å². The number of aromatic nitrogens is 2. The zero-order valence-corrected chi connectivity index (χ0v) is 11.6. The quantitative estimate of drug-likeness (QED) is 0.861. The highest BCUT2D eigenvalue weighted by Gasteiger charge is 2.36. The number of likely N-dealkylation sites (N-methyl/N-ethyl adjacent to an activating group) is 1. The Balaban J connectivity index is 2.24. The Bertz CT molecular complexity index is 462. The van der Waals surface area contributed by atoms with Gasteiger partial charge in [-0.1, -0.05) is 0 Å². The highest BCUT2D eigenvalue weighted by atomic mass is 16.2. The number of nitrogens with two attached hydrogens (primary N) is 1. The third kappa shape index (κ3) is 2.14. The molecule has 2 N–H and O–H groups in total. The summed E-state index contributed by atoms with van der Waals surface area (Å²) in [6.45, 7) is 4.34. The maximum Gasteiger partial charge on any atom is 0.257 e. The van der Waals surface area contributed by atoms with Crippen LogP contribution in [0.3, 0.4) is 0 Å². The molecule has 1 aromatic heterocycles. The molecule has 1 unspecified atom stereocenters. The number of rotatable bonds is 4. The van der Waals surface area contributed by atoms with Crippen molar-refractivity contribution in [3.63, 3.8) is 0 Å². The summed E-state index contributed by atoms with van der Waals surface area (Å²) < 4.78 is 1.75. The molecule has 0 saturated heterocycles. The molecule has 1 fully saturated rings. The van der Waals surface area contributed by atoms with Crippen molar-refractivity contribution < 1.29 is 4.79 Å². The SMILES string of the molecule is Cc1nn(C)c(C)c1C(=O)N(C)C(CN)C1CC1. The number of aryl methyl sites for hydroxylation is 2. The van der Waals surface area contributed by atoms with Crippen molar-refractivity contribution in [1.29, 1.82) is 0 Å². The van der Waals surface area contributed by atoms with Crippen molar-refractivity contribution >= 4 is 5.91 Å². The number of carbonyl (C=O) groups excluding carboxylic acids is 1. The van der Waals surface area contributed by atoms with E-state index in [1.54, 1.807) is 9.58 Å². The fourth-order valence-electron chi connectivity index (χ4n) is 2.56. The van der Waals surface area contributed by atoms with E-state index >= 15 is 0 Å². The zero-order valence-electron chi connectivity index (χ0n) is 11.6. The van der Waals surface area contributed by atoms with E-state index in [1.165, 1.54) is 12.8 Å². The van der Waals surface area contributed by atoms with E-state index in [-0.39, 0.29) is 11.9 Å². The van der Waals surface area contributed by atoms with Crippen LogP contribution in [-0.4, -0.2) is 40.2 Å². The van der Waals surface area contributed by atoms with Gasteiger partial charge in [-0.25, -0.2) is 0 Å². The highest BCUT2D eigenvalue weighted by molar-refractivity contribution is 5.96. The van der Waals surface area contributed by atoms with E-state index in [2.05, 4.69) is 5.10 Å².